The molecule has 0 aliphatic rings. The van der Waals surface area contributed by atoms with Gasteiger partial charge in [0.25, 0.3) is 0 Å². The van der Waals surface area contributed by atoms with E-state index in [1.54, 1.807) is 18.2 Å². The highest BCUT2D eigenvalue weighted by Crippen LogP contribution is 2.24. The van der Waals surface area contributed by atoms with E-state index in [9.17, 15) is 9.18 Å². The van der Waals surface area contributed by atoms with E-state index in [0.717, 1.165) is 16.5 Å². The minimum absolute atomic E-state index is 0.271. The predicted octanol–water partition coefficient (Wildman–Crippen LogP) is 4.52. The average molecular weight is 362 g/mol. The molecule has 1 heterocycles. The van der Waals surface area contributed by atoms with Gasteiger partial charge in [0.1, 0.15) is 11.6 Å². The standard InChI is InChI=1S/C17H13BrFNO2/c1-11(21)22-14-3-5-17-13(9-14)6-7-20(17)10-12-2-4-16(19)15(18)8-12/h2-9H,10H2,1H3. The summed E-state index contributed by atoms with van der Waals surface area (Å²) in [5.41, 5.74) is 2.02. The summed E-state index contributed by atoms with van der Waals surface area (Å²) in [6.45, 7) is 2.01. The first kappa shape index (κ1) is 14.8. The first-order valence-electron chi connectivity index (χ1n) is 6.74. The van der Waals surface area contributed by atoms with Gasteiger partial charge in [-0.15, -0.1) is 0 Å². The van der Waals surface area contributed by atoms with Gasteiger partial charge < -0.3 is 9.30 Å². The monoisotopic (exact) mass is 361 g/mol. The molecule has 3 aromatic rings. The topological polar surface area (TPSA) is 31.2 Å². The lowest BCUT2D eigenvalue weighted by Crippen LogP contribution is -2.01. The Balaban J connectivity index is 1.91. The van der Waals surface area contributed by atoms with E-state index in [1.165, 1.54) is 13.0 Å². The van der Waals surface area contributed by atoms with E-state index in [1.807, 2.05) is 24.4 Å². The Morgan fingerprint density at radius 3 is 2.77 bits per heavy atom. The van der Waals surface area contributed by atoms with Crippen molar-refractivity contribution in [1.82, 2.24) is 4.57 Å². The smallest absolute Gasteiger partial charge is 0.308 e. The number of ether oxygens (including phenoxy) is 1. The van der Waals surface area contributed by atoms with Crippen molar-refractivity contribution in [2.24, 2.45) is 0 Å². The maximum atomic E-state index is 13.3. The number of hydrogen-bond acceptors (Lipinski definition) is 2. The van der Waals surface area contributed by atoms with Gasteiger partial charge in [-0.05, 0) is 57.9 Å². The van der Waals surface area contributed by atoms with Crippen LogP contribution in [0.3, 0.4) is 0 Å². The molecule has 1 aromatic heterocycles. The number of hydrogen-bond donors (Lipinski definition) is 0. The number of aromatic nitrogens is 1. The Morgan fingerprint density at radius 1 is 1.23 bits per heavy atom. The summed E-state index contributed by atoms with van der Waals surface area (Å²) in [4.78, 5) is 11.0. The second kappa shape index (κ2) is 5.93. The quantitative estimate of drug-likeness (QED) is 0.507. The Morgan fingerprint density at radius 2 is 2.05 bits per heavy atom. The number of carbonyl (C=O) groups excluding carboxylic acids is 1. The molecule has 3 rings (SSSR count). The number of nitrogens with zero attached hydrogens (tertiary/aromatic N) is 1. The summed E-state index contributed by atoms with van der Waals surface area (Å²) in [5, 5.41) is 0.986. The summed E-state index contributed by atoms with van der Waals surface area (Å²) in [5.74, 6) is -0.0793. The van der Waals surface area contributed by atoms with Gasteiger partial charge in [0, 0.05) is 30.6 Å². The predicted molar refractivity (Wildman–Crippen MR) is 86.4 cm³/mol. The number of halogens is 2. The van der Waals surface area contributed by atoms with Gasteiger partial charge in [0.2, 0.25) is 0 Å². The molecule has 0 radical (unpaired) electrons. The maximum absolute atomic E-state index is 13.3. The molecule has 0 spiro atoms. The molecule has 0 atom stereocenters. The van der Waals surface area contributed by atoms with Gasteiger partial charge in [0.05, 0.1) is 4.47 Å². The van der Waals surface area contributed by atoms with Crippen LogP contribution in [0.25, 0.3) is 10.9 Å². The number of carbonyl (C=O) groups is 1. The second-order valence-electron chi connectivity index (χ2n) is 5.01. The summed E-state index contributed by atoms with van der Waals surface area (Å²) < 4.78 is 20.9. The lowest BCUT2D eigenvalue weighted by atomic mass is 10.2. The fraction of sp³-hybridized carbons (Fsp3) is 0.118. The van der Waals surface area contributed by atoms with Crippen molar-refractivity contribution in [3.05, 3.63) is 64.5 Å². The Bertz CT molecular complexity index is 857. The first-order valence-corrected chi connectivity index (χ1v) is 7.53. The number of esters is 1. The van der Waals surface area contributed by atoms with E-state index in [2.05, 4.69) is 20.5 Å². The summed E-state index contributed by atoms with van der Waals surface area (Å²) in [6, 6.07) is 12.4. The molecule has 0 fully saturated rings. The normalized spacial score (nSPS) is 10.9. The van der Waals surface area contributed by atoms with Crippen LogP contribution in [0.15, 0.2) is 53.1 Å². The van der Waals surface area contributed by atoms with E-state index in [0.29, 0.717) is 16.8 Å². The second-order valence-corrected chi connectivity index (χ2v) is 5.86. The van der Waals surface area contributed by atoms with Crippen molar-refractivity contribution >= 4 is 32.8 Å². The molecular formula is C17H13BrFNO2. The van der Waals surface area contributed by atoms with Gasteiger partial charge >= 0.3 is 5.97 Å². The van der Waals surface area contributed by atoms with Gasteiger partial charge in [-0.2, -0.15) is 0 Å². The van der Waals surface area contributed by atoms with Crippen LogP contribution >= 0.6 is 15.9 Å². The Kier molecular flexibility index (Phi) is 3.98. The van der Waals surface area contributed by atoms with E-state index in [-0.39, 0.29) is 11.8 Å². The molecule has 0 saturated heterocycles. The van der Waals surface area contributed by atoms with Gasteiger partial charge in [-0.25, -0.2) is 4.39 Å². The molecule has 0 N–H and O–H groups in total. The fourth-order valence-electron chi connectivity index (χ4n) is 2.38. The third-order valence-corrected chi connectivity index (χ3v) is 3.95. The van der Waals surface area contributed by atoms with Crippen molar-refractivity contribution in [3.63, 3.8) is 0 Å². The van der Waals surface area contributed by atoms with Crippen LogP contribution < -0.4 is 4.74 Å². The maximum Gasteiger partial charge on any atom is 0.308 e. The molecule has 0 amide bonds. The van der Waals surface area contributed by atoms with E-state index >= 15 is 0 Å². The van der Waals surface area contributed by atoms with Gasteiger partial charge in [-0.1, -0.05) is 6.07 Å². The van der Waals surface area contributed by atoms with Crippen LogP contribution in [0.5, 0.6) is 5.75 Å². The largest absolute Gasteiger partial charge is 0.427 e. The van der Waals surface area contributed by atoms with Crippen LogP contribution in [0.2, 0.25) is 0 Å². The lowest BCUT2D eigenvalue weighted by molar-refractivity contribution is -0.131. The van der Waals surface area contributed by atoms with Crippen molar-refractivity contribution in [1.29, 1.82) is 0 Å². The molecule has 22 heavy (non-hydrogen) atoms. The molecule has 112 valence electrons. The zero-order valence-electron chi connectivity index (χ0n) is 11.8. The number of rotatable bonds is 3. The van der Waals surface area contributed by atoms with Crippen LogP contribution in [-0.4, -0.2) is 10.5 Å². The van der Waals surface area contributed by atoms with E-state index < -0.39 is 0 Å². The average Bonchev–Trinajstić information content (AvgIpc) is 2.85. The number of benzene rings is 2. The van der Waals surface area contributed by atoms with Gasteiger partial charge in [0.15, 0.2) is 0 Å². The SMILES string of the molecule is CC(=O)Oc1ccc2c(ccn2Cc2ccc(F)c(Br)c2)c1. The zero-order valence-corrected chi connectivity index (χ0v) is 13.4. The Labute approximate surface area is 135 Å². The highest BCUT2D eigenvalue weighted by molar-refractivity contribution is 9.10. The molecule has 0 aliphatic carbocycles. The molecule has 3 nitrogen and oxygen atoms in total. The summed E-state index contributed by atoms with van der Waals surface area (Å²) in [6.07, 6.45) is 1.96. The molecular weight excluding hydrogens is 349 g/mol. The first-order chi connectivity index (χ1) is 10.5. The van der Waals surface area contributed by atoms with Crippen LogP contribution in [0.4, 0.5) is 4.39 Å². The van der Waals surface area contributed by atoms with Crippen molar-refractivity contribution < 1.29 is 13.9 Å². The minimum Gasteiger partial charge on any atom is -0.427 e. The van der Waals surface area contributed by atoms with Crippen LogP contribution in [0, 0.1) is 5.82 Å². The third kappa shape index (κ3) is 3.04. The molecule has 2 aromatic carbocycles. The summed E-state index contributed by atoms with van der Waals surface area (Å²) >= 11 is 3.20. The Hall–Kier alpha value is -2.14. The third-order valence-electron chi connectivity index (χ3n) is 3.34. The summed E-state index contributed by atoms with van der Waals surface area (Å²) in [7, 11) is 0. The zero-order chi connectivity index (χ0) is 15.7. The number of fused-ring (bicyclic) bond motifs is 1. The van der Waals surface area contributed by atoms with Crippen molar-refractivity contribution in [3.8, 4) is 5.75 Å². The van der Waals surface area contributed by atoms with Gasteiger partial charge in [-0.3, -0.25) is 4.79 Å². The molecule has 0 aliphatic heterocycles. The minimum atomic E-state index is -0.338. The molecule has 5 heteroatoms. The molecule has 0 bridgehead atoms. The van der Waals surface area contributed by atoms with Crippen LogP contribution in [0.1, 0.15) is 12.5 Å². The van der Waals surface area contributed by atoms with Crippen molar-refractivity contribution in [2.75, 3.05) is 0 Å². The molecule has 0 saturated carbocycles. The lowest BCUT2D eigenvalue weighted by Gasteiger charge is -2.07. The van der Waals surface area contributed by atoms with E-state index in [4.69, 9.17) is 4.74 Å². The fourth-order valence-corrected chi connectivity index (χ4v) is 2.81. The van der Waals surface area contributed by atoms with Crippen molar-refractivity contribution in [2.45, 2.75) is 13.5 Å². The highest BCUT2D eigenvalue weighted by atomic mass is 79.9. The highest BCUT2D eigenvalue weighted by Gasteiger charge is 2.06. The van der Waals surface area contributed by atoms with Crippen LogP contribution in [-0.2, 0) is 11.3 Å². The molecule has 0 unspecified atom stereocenters.